The van der Waals surface area contributed by atoms with Crippen molar-refractivity contribution < 1.29 is 38.4 Å². The number of aromatic amines is 1. The number of para-hydroxylation sites is 1. The Kier molecular flexibility index (Phi) is 18.8. The van der Waals surface area contributed by atoms with Gasteiger partial charge in [0, 0.05) is 93.6 Å². The van der Waals surface area contributed by atoms with Crippen molar-refractivity contribution in [2.75, 3.05) is 13.1 Å². The highest BCUT2D eigenvalue weighted by molar-refractivity contribution is 5.98. The lowest BCUT2D eigenvalue weighted by atomic mass is 9.99. The van der Waals surface area contributed by atoms with Gasteiger partial charge in [0.1, 0.15) is 42.0 Å². The predicted molar refractivity (Wildman–Crippen MR) is 264 cm³/mol. The summed E-state index contributed by atoms with van der Waals surface area (Å²) in [5.74, 6) is -5.02. The van der Waals surface area contributed by atoms with Gasteiger partial charge in [-0.05, 0) is 62.6 Å². The van der Waals surface area contributed by atoms with E-state index in [1.807, 2.05) is 31.2 Å². The van der Waals surface area contributed by atoms with E-state index in [9.17, 15) is 38.4 Å². The summed E-state index contributed by atoms with van der Waals surface area (Å²) in [7, 11) is 0. The molecule has 374 valence electrons. The smallest absolute Gasteiger partial charge is 0.245 e. The summed E-state index contributed by atoms with van der Waals surface area (Å²) in [5.41, 5.74) is 13.9. The van der Waals surface area contributed by atoms with Crippen molar-refractivity contribution in [3.05, 3.63) is 83.7 Å². The number of hydrogen-bond acceptors (Lipinski definition) is 10. The Hall–Kier alpha value is -7.38. The molecule has 70 heavy (non-hydrogen) atoms. The van der Waals surface area contributed by atoms with Gasteiger partial charge < -0.3 is 53.3 Å². The number of fused-ring (bicyclic) bond motifs is 1. The standard InChI is InChI=1S/C50H66N12O8/c1-30-13-12-24-62(30)49(70)43-28-35(64)17-6-8-20-38(56-31(2)63)44(65)60-42(27-34-16-10-22-53-34)48(69)58-40(25-32-14-4-3-5-15-32)46(67)57-39(21-11-23-54-50(51)52)45(66)59-41(47(68)61-43)26-33-29-55-37-19-9-7-18-36(33)37/h3-5,7,9,14-16,18-19,22,29-30,38-43,55H,6,8,10-13,17,20-21,23-28H2,1-2H3,(H,56,63)(H,57,67)(H,58,69)(H,59,66)(H,60,65)(H,61,68)(H4,51,52,54)/t30-,38+,39+,40-,41+,42+,43+/m1/s1. The van der Waals surface area contributed by atoms with Crippen LogP contribution in [-0.4, -0.2) is 125 Å². The van der Waals surface area contributed by atoms with Gasteiger partial charge in [0.05, 0.1) is 0 Å². The lowest BCUT2D eigenvalue weighted by molar-refractivity contribution is -0.139. The highest BCUT2D eigenvalue weighted by atomic mass is 16.2. The second kappa shape index (κ2) is 25.3. The van der Waals surface area contributed by atoms with Gasteiger partial charge in [-0.1, -0.05) is 61.0 Å². The van der Waals surface area contributed by atoms with E-state index in [0.29, 0.717) is 36.2 Å². The molecule has 7 amide bonds. The average Bonchev–Trinajstić information content (AvgIpc) is 4.11. The van der Waals surface area contributed by atoms with Crippen molar-refractivity contribution in [3.63, 3.8) is 0 Å². The number of rotatable bonds is 12. The number of carbonyl (C=O) groups is 8. The van der Waals surface area contributed by atoms with Crippen LogP contribution in [0.2, 0.25) is 0 Å². The number of aromatic nitrogens is 1. The number of H-pyrrole nitrogens is 1. The van der Waals surface area contributed by atoms with Gasteiger partial charge in [0.2, 0.25) is 41.4 Å². The van der Waals surface area contributed by atoms with Crippen LogP contribution in [0.4, 0.5) is 0 Å². The van der Waals surface area contributed by atoms with Gasteiger partial charge in [-0.2, -0.15) is 0 Å². The second-order valence-electron chi connectivity index (χ2n) is 18.2. The third-order valence-corrected chi connectivity index (χ3v) is 12.8. The number of carbonyl (C=O) groups excluding carboxylic acids is 8. The number of likely N-dealkylation sites (tertiary alicyclic amines) is 1. The first-order valence-corrected chi connectivity index (χ1v) is 24.1. The van der Waals surface area contributed by atoms with Crippen LogP contribution in [0.3, 0.4) is 0 Å². The van der Waals surface area contributed by atoms with Crippen molar-refractivity contribution in [2.45, 2.75) is 140 Å². The predicted octanol–water partition coefficient (Wildman–Crippen LogP) is 1.23. The van der Waals surface area contributed by atoms with Crippen LogP contribution in [0, 0.1) is 0 Å². The van der Waals surface area contributed by atoms with Crippen LogP contribution in [0.25, 0.3) is 10.9 Å². The maximum absolute atomic E-state index is 14.7. The van der Waals surface area contributed by atoms with Crippen molar-refractivity contribution in [3.8, 4) is 0 Å². The summed E-state index contributed by atoms with van der Waals surface area (Å²) >= 11 is 0. The van der Waals surface area contributed by atoms with Gasteiger partial charge >= 0.3 is 0 Å². The van der Waals surface area contributed by atoms with Crippen LogP contribution >= 0.6 is 0 Å². The first-order valence-electron chi connectivity index (χ1n) is 24.1. The number of allylic oxidation sites excluding steroid dienone is 1. The lowest BCUT2D eigenvalue weighted by Crippen LogP contribution is -2.60. The quantitative estimate of drug-likeness (QED) is 0.0711. The molecule has 11 N–H and O–H groups in total. The number of ketones is 1. The summed E-state index contributed by atoms with van der Waals surface area (Å²) in [6.07, 6.45) is 7.67. The Balaban J connectivity index is 1.39. The summed E-state index contributed by atoms with van der Waals surface area (Å²) in [6, 6.07) is 8.67. The molecule has 0 spiro atoms. The molecule has 3 aliphatic heterocycles. The number of amides is 7. The molecule has 0 aliphatic carbocycles. The molecular formula is C50H66N12O8. The number of aliphatic imine (C=N–C) groups is 2. The fourth-order valence-electron chi connectivity index (χ4n) is 9.06. The van der Waals surface area contributed by atoms with Gasteiger partial charge in [0.15, 0.2) is 5.96 Å². The molecular weight excluding hydrogens is 897 g/mol. The van der Waals surface area contributed by atoms with Crippen LogP contribution in [-0.2, 0) is 51.2 Å². The Morgan fingerprint density at radius 2 is 1.43 bits per heavy atom. The molecule has 0 saturated carbocycles. The van der Waals surface area contributed by atoms with E-state index in [0.717, 1.165) is 23.7 Å². The van der Waals surface area contributed by atoms with Gasteiger partial charge in [-0.15, -0.1) is 0 Å². The van der Waals surface area contributed by atoms with Gasteiger partial charge in [-0.25, -0.2) is 0 Å². The molecule has 2 fully saturated rings. The molecule has 2 aromatic carbocycles. The third-order valence-electron chi connectivity index (χ3n) is 12.8. The minimum atomic E-state index is -1.32. The topological polar surface area (TPSA) is 305 Å². The van der Waals surface area contributed by atoms with E-state index in [4.69, 9.17) is 11.5 Å². The molecule has 0 bridgehead atoms. The molecule has 7 atom stereocenters. The molecule has 0 unspecified atom stereocenters. The number of hydrogen-bond donors (Lipinski definition) is 9. The summed E-state index contributed by atoms with van der Waals surface area (Å²) in [6.45, 7) is 3.71. The summed E-state index contributed by atoms with van der Waals surface area (Å²) in [5, 5.41) is 17.6. The second-order valence-corrected chi connectivity index (χ2v) is 18.2. The molecule has 0 radical (unpaired) electrons. The van der Waals surface area contributed by atoms with Gasteiger partial charge in [-0.3, -0.25) is 48.3 Å². The number of nitrogens with two attached hydrogens (primary N) is 2. The largest absolute Gasteiger partial charge is 0.370 e. The Morgan fingerprint density at radius 3 is 2.11 bits per heavy atom. The first kappa shape index (κ1) is 52.0. The fourth-order valence-corrected chi connectivity index (χ4v) is 9.06. The fraction of sp³-hybridized carbons (Fsp3) is 0.480. The van der Waals surface area contributed by atoms with E-state index < -0.39 is 77.6 Å². The molecule has 3 aromatic rings. The highest BCUT2D eigenvalue weighted by Gasteiger charge is 2.37. The van der Waals surface area contributed by atoms with Crippen molar-refractivity contribution in [1.82, 2.24) is 41.8 Å². The molecule has 1 aromatic heterocycles. The molecule has 20 heteroatoms. The molecule has 4 heterocycles. The minimum absolute atomic E-state index is 0.000338. The minimum Gasteiger partial charge on any atom is -0.370 e. The zero-order valence-corrected chi connectivity index (χ0v) is 39.8. The molecule has 6 rings (SSSR count). The number of nitrogens with one attached hydrogen (secondary N) is 7. The highest BCUT2D eigenvalue weighted by Crippen LogP contribution is 2.22. The Bertz CT molecular complexity index is 2470. The van der Waals surface area contributed by atoms with E-state index in [-0.39, 0.29) is 82.1 Å². The van der Waals surface area contributed by atoms with Crippen molar-refractivity contribution >= 4 is 70.2 Å². The molecule has 3 aliphatic rings. The monoisotopic (exact) mass is 963 g/mol. The van der Waals surface area contributed by atoms with Crippen molar-refractivity contribution in [2.24, 2.45) is 21.5 Å². The summed E-state index contributed by atoms with van der Waals surface area (Å²) in [4.78, 5) is 126. The Labute approximate surface area is 407 Å². The number of guanidine groups is 1. The lowest BCUT2D eigenvalue weighted by Gasteiger charge is -2.30. The van der Waals surface area contributed by atoms with Gasteiger partial charge in [0.25, 0.3) is 0 Å². The van der Waals surface area contributed by atoms with Crippen LogP contribution in [0.1, 0.15) is 95.6 Å². The van der Waals surface area contributed by atoms with E-state index in [1.54, 1.807) is 53.7 Å². The number of nitrogens with zero attached hydrogens (tertiary/aromatic N) is 3. The van der Waals surface area contributed by atoms with Crippen LogP contribution in [0.15, 0.2) is 82.6 Å². The van der Waals surface area contributed by atoms with Crippen LogP contribution in [0.5, 0.6) is 0 Å². The number of benzene rings is 2. The first-order chi connectivity index (χ1) is 33.6. The maximum Gasteiger partial charge on any atom is 0.245 e. The van der Waals surface area contributed by atoms with E-state index >= 15 is 0 Å². The molecule has 20 nitrogen and oxygen atoms in total. The third kappa shape index (κ3) is 15.1. The zero-order valence-electron chi connectivity index (χ0n) is 39.8. The SMILES string of the molecule is CC(=O)N[C@H]1CCCCC(=O)C[C@@H](C(=O)N2CCC[C@H]2C)NC(=O)[C@H](Cc2c[nH]c3ccccc23)NC(=O)[C@H](CCCN=C(N)N)NC(=O)[C@@H](Cc2ccccc2)NC(=O)[C@H](CC2=CCC=N2)NC1=O. The Morgan fingerprint density at radius 1 is 0.771 bits per heavy atom. The zero-order chi connectivity index (χ0) is 50.2. The van der Waals surface area contributed by atoms with Crippen LogP contribution < -0.4 is 43.4 Å². The van der Waals surface area contributed by atoms with E-state index in [2.05, 4.69) is 46.9 Å². The maximum atomic E-state index is 14.7. The average molecular weight is 963 g/mol. The number of Topliss-reactive ketones (excluding diaryl/α,β-unsaturated/α-hetero) is 1. The summed E-state index contributed by atoms with van der Waals surface area (Å²) < 4.78 is 0. The normalized spacial score (nSPS) is 24.5. The molecule has 2 saturated heterocycles. The van der Waals surface area contributed by atoms with Crippen molar-refractivity contribution in [1.29, 1.82) is 0 Å². The van der Waals surface area contributed by atoms with E-state index in [1.165, 1.54) is 6.92 Å².